The van der Waals surface area contributed by atoms with Gasteiger partial charge in [-0.3, -0.25) is 4.79 Å². The SMILES string of the molecule is Cc1nc(CC(C)(C)C(=O)Nc2ccccn2)sc1-c1cccc(C#N)c1. The van der Waals surface area contributed by atoms with Crippen LogP contribution >= 0.6 is 11.3 Å². The Balaban J connectivity index is 1.79. The number of carbonyl (C=O) groups is 1. The van der Waals surface area contributed by atoms with Gasteiger partial charge in [-0.25, -0.2) is 9.97 Å². The van der Waals surface area contributed by atoms with Gasteiger partial charge in [0.1, 0.15) is 5.82 Å². The van der Waals surface area contributed by atoms with Crippen molar-refractivity contribution in [2.75, 3.05) is 5.32 Å². The summed E-state index contributed by atoms with van der Waals surface area (Å²) in [5, 5.41) is 12.9. The summed E-state index contributed by atoms with van der Waals surface area (Å²) in [5.74, 6) is 0.446. The Bertz CT molecular complexity index is 1000. The Morgan fingerprint density at radius 3 is 2.78 bits per heavy atom. The van der Waals surface area contributed by atoms with Crippen LogP contribution in [0.1, 0.15) is 30.1 Å². The second kappa shape index (κ2) is 7.68. The molecule has 2 aromatic heterocycles. The number of benzene rings is 1. The maximum atomic E-state index is 12.7. The predicted molar refractivity (Wildman–Crippen MR) is 107 cm³/mol. The summed E-state index contributed by atoms with van der Waals surface area (Å²) < 4.78 is 0. The first-order valence-electron chi connectivity index (χ1n) is 8.58. The Morgan fingerprint density at radius 1 is 1.26 bits per heavy atom. The molecular weight excluding hydrogens is 356 g/mol. The zero-order valence-electron chi connectivity index (χ0n) is 15.5. The lowest BCUT2D eigenvalue weighted by molar-refractivity contribution is -0.123. The number of aromatic nitrogens is 2. The van der Waals surface area contributed by atoms with Crippen molar-refractivity contribution in [3.8, 4) is 16.5 Å². The molecule has 2 heterocycles. The van der Waals surface area contributed by atoms with E-state index < -0.39 is 5.41 Å². The molecule has 0 radical (unpaired) electrons. The number of anilines is 1. The zero-order valence-corrected chi connectivity index (χ0v) is 16.3. The van der Waals surface area contributed by atoms with E-state index in [1.54, 1.807) is 29.7 Å². The van der Waals surface area contributed by atoms with Gasteiger partial charge >= 0.3 is 0 Å². The Hall–Kier alpha value is -3.04. The highest BCUT2D eigenvalue weighted by Crippen LogP contribution is 2.34. The molecule has 0 unspecified atom stereocenters. The first kappa shape index (κ1) is 18.7. The minimum Gasteiger partial charge on any atom is -0.310 e. The highest BCUT2D eigenvalue weighted by molar-refractivity contribution is 7.15. The number of thiazole rings is 1. The molecule has 0 spiro atoms. The van der Waals surface area contributed by atoms with E-state index in [4.69, 9.17) is 5.26 Å². The lowest BCUT2D eigenvalue weighted by atomic mass is 9.88. The Morgan fingerprint density at radius 2 is 2.07 bits per heavy atom. The smallest absolute Gasteiger partial charge is 0.231 e. The maximum Gasteiger partial charge on any atom is 0.231 e. The molecule has 1 N–H and O–H groups in total. The molecular formula is C21H20N4OS. The van der Waals surface area contributed by atoms with Crippen molar-refractivity contribution in [3.63, 3.8) is 0 Å². The van der Waals surface area contributed by atoms with Gasteiger partial charge in [0.05, 0.1) is 32.6 Å². The van der Waals surface area contributed by atoms with Crippen LogP contribution in [0.25, 0.3) is 10.4 Å². The third kappa shape index (κ3) is 4.39. The number of amides is 1. The fraction of sp³-hybridized carbons (Fsp3) is 0.238. The van der Waals surface area contributed by atoms with Crippen molar-refractivity contribution < 1.29 is 4.79 Å². The highest BCUT2D eigenvalue weighted by Gasteiger charge is 2.30. The van der Waals surface area contributed by atoms with Gasteiger partial charge in [0, 0.05) is 12.6 Å². The summed E-state index contributed by atoms with van der Waals surface area (Å²) in [5.41, 5.74) is 1.88. The van der Waals surface area contributed by atoms with Gasteiger partial charge < -0.3 is 5.32 Å². The van der Waals surface area contributed by atoms with Gasteiger partial charge in [-0.1, -0.05) is 32.0 Å². The van der Waals surface area contributed by atoms with Crippen LogP contribution in [0.3, 0.4) is 0 Å². The monoisotopic (exact) mass is 376 g/mol. The van der Waals surface area contributed by atoms with Crippen LogP contribution in [0.15, 0.2) is 48.7 Å². The van der Waals surface area contributed by atoms with Crippen LogP contribution in [-0.4, -0.2) is 15.9 Å². The number of nitriles is 1. The molecule has 0 aliphatic heterocycles. The van der Waals surface area contributed by atoms with Crippen molar-refractivity contribution in [2.45, 2.75) is 27.2 Å². The number of hydrogen-bond acceptors (Lipinski definition) is 5. The fourth-order valence-corrected chi connectivity index (χ4v) is 4.00. The molecule has 3 aromatic rings. The first-order valence-corrected chi connectivity index (χ1v) is 9.40. The van der Waals surface area contributed by atoms with Crippen LogP contribution < -0.4 is 5.32 Å². The standard InChI is InChI=1S/C21H20N4OS/c1-14-19(16-8-6-7-15(11-16)13-22)27-18(24-14)12-21(2,3)20(26)25-17-9-4-5-10-23-17/h4-11H,12H2,1-3H3,(H,23,25,26). The van der Waals surface area contributed by atoms with Crippen LogP contribution in [0.5, 0.6) is 0 Å². The predicted octanol–water partition coefficient (Wildman–Crippen LogP) is 4.59. The topological polar surface area (TPSA) is 78.7 Å². The van der Waals surface area contributed by atoms with E-state index in [1.165, 1.54) is 0 Å². The maximum absolute atomic E-state index is 12.7. The van der Waals surface area contributed by atoms with E-state index >= 15 is 0 Å². The Kier molecular flexibility index (Phi) is 5.33. The summed E-state index contributed by atoms with van der Waals surface area (Å²) in [6.07, 6.45) is 2.17. The summed E-state index contributed by atoms with van der Waals surface area (Å²) in [7, 11) is 0. The molecule has 5 nitrogen and oxygen atoms in total. The molecule has 0 saturated carbocycles. The van der Waals surface area contributed by atoms with Gasteiger partial charge in [-0.2, -0.15) is 5.26 Å². The molecule has 6 heteroatoms. The number of pyridine rings is 1. The third-order valence-corrected chi connectivity index (χ3v) is 5.42. The average molecular weight is 376 g/mol. The molecule has 3 rings (SSSR count). The van der Waals surface area contributed by atoms with Crippen LogP contribution in [0.2, 0.25) is 0 Å². The van der Waals surface area contributed by atoms with Crippen LogP contribution in [0, 0.1) is 23.7 Å². The van der Waals surface area contributed by atoms with Gasteiger partial charge in [0.15, 0.2) is 0 Å². The number of nitrogens with zero attached hydrogens (tertiary/aromatic N) is 3. The molecule has 0 bridgehead atoms. The highest BCUT2D eigenvalue weighted by atomic mass is 32.1. The van der Waals surface area contributed by atoms with Gasteiger partial charge in [0.25, 0.3) is 0 Å². The number of nitrogens with one attached hydrogen (secondary N) is 1. The van der Waals surface area contributed by atoms with E-state index in [9.17, 15) is 4.79 Å². The molecule has 0 saturated heterocycles. The molecule has 1 amide bonds. The quantitative estimate of drug-likeness (QED) is 0.706. The van der Waals surface area contributed by atoms with Crippen molar-refractivity contribution in [1.82, 2.24) is 9.97 Å². The lowest BCUT2D eigenvalue weighted by Crippen LogP contribution is -2.33. The average Bonchev–Trinajstić information content (AvgIpc) is 3.02. The molecule has 27 heavy (non-hydrogen) atoms. The van der Waals surface area contributed by atoms with Crippen molar-refractivity contribution in [1.29, 1.82) is 5.26 Å². The second-order valence-corrected chi connectivity index (χ2v) is 8.03. The van der Waals surface area contributed by atoms with Crippen molar-refractivity contribution >= 4 is 23.1 Å². The van der Waals surface area contributed by atoms with Crippen molar-refractivity contribution in [3.05, 3.63) is 64.9 Å². The van der Waals surface area contributed by atoms with E-state index in [0.29, 0.717) is 17.8 Å². The van der Waals surface area contributed by atoms with Gasteiger partial charge in [-0.05, 0) is 36.8 Å². The summed E-state index contributed by atoms with van der Waals surface area (Å²) >= 11 is 1.57. The van der Waals surface area contributed by atoms with Gasteiger partial charge in [0.2, 0.25) is 5.91 Å². The van der Waals surface area contributed by atoms with E-state index in [2.05, 4.69) is 21.4 Å². The number of aryl methyl sites for hydroxylation is 1. The lowest BCUT2D eigenvalue weighted by Gasteiger charge is -2.22. The van der Waals surface area contributed by atoms with Crippen LogP contribution in [0.4, 0.5) is 5.82 Å². The normalized spacial score (nSPS) is 11.0. The molecule has 136 valence electrons. The van der Waals surface area contributed by atoms with E-state index in [0.717, 1.165) is 21.1 Å². The third-order valence-electron chi connectivity index (χ3n) is 4.21. The summed E-state index contributed by atoms with van der Waals surface area (Å²) in [6, 6.07) is 15.1. The van der Waals surface area contributed by atoms with Crippen LogP contribution in [-0.2, 0) is 11.2 Å². The second-order valence-electron chi connectivity index (χ2n) is 6.94. The fourth-order valence-electron chi connectivity index (χ4n) is 2.71. The van der Waals surface area contributed by atoms with E-state index in [1.807, 2.05) is 51.1 Å². The number of carbonyl (C=O) groups excluding carboxylic acids is 1. The van der Waals surface area contributed by atoms with Crippen molar-refractivity contribution in [2.24, 2.45) is 5.41 Å². The Labute approximate surface area is 162 Å². The molecule has 0 aliphatic carbocycles. The minimum atomic E-state index is -0.631. The summed E-state index contributed by atoms with van der Waals surface area (Å²) in [6.45, 7) is 5.76. The first-order chi connectivity index (χ1) is 12.9. The largest absolute Gasteiger partial charge is 0.310 e. The van der Waals surface area contributed by atoms with Gasteiger partial charge in [-0.15, -0.1) is 11.3 Å². The van der Waals surface area contributed by atoms with E-state index in [-0.39, 0.29) is 5.91 Å². The minimum absolute atomic E-state index is 0.0953. The zero-order chi connectivity index (χ0) is 19.4. The molecule has 0 aliphatic rings. The number of rotatable bonds is 5. The molecule has 0 fully saturated rings. The number of hydrogen-bond donors (Lipinski definition) is 1. The molecule has 1 aromatic carbocycles. The summed E-state index contributed by atoms with van der Waals surface area (Å²) in [4.78, 5) is 22.5. The molecule has 0 atom stereocenters.